The van der Waals surface area contributed by atoms with Gasteiger partial charge in [-0.3, -0.25) is 14.4 Å². The van der Waals surface area contributed by atoms with E-state index in [1.807, 2.05) is 11.4 Å². The van der Waals surface area contributed by atoms with E-state index in [1.165, 1.54) is 11.3 Å². The van der Waals surface area contributed by atoms with E-state index < -0.39 is 12.1 Å². The smallest absolute Gasteiger partial charge is 0.307 e. The molecular weight excluding hydrogens is 338 g/mol. The van der Waals surface area contributed by atoms with Crippen LogP contribution in [0.4, 0.5) is 0 Å². The van der Waals surface area contributed by atoms with Crippen LogP contribution < -0.4 is 5.32 Å². The van der Waals surface area contributed by atoms with Gasteiger partial charge in [-0.15, -0.1) is 11.3 Å². The Labute approximate surface area is 150 Å². The third-order valence-electron chi connectivity index (χ3n) is 3.87. The van der Waals surface area contributed by atoms with Crippen LogP contribution in [0.15, 0.2) is 47.8 Å². The highest BCUT2D eigenvalue weighted by Crippen LogP contribution is 2.24. The molecule has 0 bridgehead atoms. The molecule has 1 atom stereocenters. The van der Waals surface area contributed by atoms with Crippen molar-refractivity contribution in [2.75, 3.05) is 0 Å². The number of esters is 1. The van der Waals surface area contributed by atoms with Crippen LogP contribution >= 0.6 is 11.3 Å². The standard InChI is InChI=1S/C19H19NO4S/c21-15(16-7-4-12-25-16)10-11-17(22)24-18(13-5-2-1-3-6-13)19(23)20-14-8-9-14/h1-7,12,14,18H,8-11H2,(H,20,23)/t18-/m0/s1. The minimum atomic E-state index is -0.980. The van der Waals surface area contributed by atoms with Gasteiger partial charge in [0.1, 0.15) is 0 Å². The Morgan fingerprint density at radius 1 is 1.08 bits per heavy atom. The molecule has 1 aliphatic carbocycles. The van der Waals surface area contributed by atoms with Crippen LogP contribution in [-0.4, -0.2) is 23.7 Å². The Morgan fingerprint density at radius 2 is 1.84 bits per heavy atom. The molecule has 25 heavy (non-hydrogen) atoms. The van der Waals surface area contributed by atoms with E-state index in [4.69, 9.17) is 4.74 Å². The van der Waals surface area contributed by atoms with Crippen molar-refractivity contribution in [3.8, 4) is 0 Å². The highest BCUT2D eigenvalue weighted by atomic mass is 32.1. The number of benzene rings is 1. The third-order valence-corrected chi connectivity index (χ3v) is 4.78. The van der Waals surface area contributed by atoms with Gasteiger partial charge < -0.3 is 10.1 Å². The minimum absolute atomic E-state index is 0.0449. The summed E-state index contributed by atoms with van der Waals surface area (Å²) in [5.41, 5.74) is 0.624. The molecule has 1 fully saturated rings. The Hall–Kier alpha value is -2.47. The van der Waals surface area contributed by atoms with Gasteiger partial charge in [-0.25, -0.2) is 0 Å². The zero-order valence-corrected chi connectivity index (χ0v) is 14.5. The van der Waals surface area contributed by atoms with E-state index in [0.29, 0.717) is 10.4 Å². The zero-order valence-electron chi connectivity index (χ0n) is 13.6. The maximum atomic E-state index is 12.4. The van der Waals surface area contributed by atoms with Crippen LogP contribution in [0.1, 0.15) is 47.0 Å². The van der Waals surface area contributed by atoms with E-state index in [2.05, 4.69) is 5.32 Å². The summed E-state index contributed by atoms with van der Waals surface area (Å²) in [6.07, 6.45) is 0.959. The molecule has 2 aromatic rings. The van der Waals surface area contributed by atoms with Crippen LogP contribution in [0.2, 0.25) is 0 Å². The first-order chi connectivity index (χ1) is 12.1. The number of rotatable bonds is 8. The number of thiophene rings is 1. The molecule has 3 rings (SSSR count). The molecule has 1 N–H and O–H groups in total. The van der Waals surface area contributed by atoms with Gasteiger partial charge in [0, 0.05) is 18.0 Å². The molecule has 6 heteroatoms. The summed E-state index contributed by atoms with van der Waals surface area (Å²) >= 11 is 1.35. The number of carbonyl (C=O) groups excluding carboxylic acids is 3. The molecule has 1 amide bonds. The lowest BCUT2D eigenvalue weighted by Gasteiger charge is -2.18. The average molecular weight is 357 g/mol. The second-order valence-corrected chi connectivity index (χ2v) is 6.91. The number of hydrogen-bond acceptors (Lipinski definition) is 5. The molecule has 1 aliphatic rings. The fourth-order valence-electron chi connectivity index (χ4n) is 2.37. The van der Waals surface area contributed by atoms with Crippen molar-refractivity contribution in [3.63, 3.8) is 0 Å². The largest absolute Gasteiger partial charge is 0.447 e. The minimum Gasteiger partial charge on any atom is -0.447 e. The van der Waals surface area contributed by atoms with Crippen molar-refractivity contribution in [2.24, 2.45) is 0 Å². The monoisotopic (exact) mass is 357 g/mol. The number of ether oxygens (including phenoxy) is 1. The Balaban J connectivity index is 1.59. The van der Waals surface area contributed by atoms with Crippen LogP contribution in [0.25, 0.3) is 0 Å². The fourth-order valence-corrected chi connectivity index (χ4v) is 3.07. The SMILES string of the molecule is O=C(CCC(=O)c1cccs1)O[C@H](C(=O)NC1CC1)c1ccccc1. The molecule has 0 aliphatic heterocycles. The van der Waals surface area contributed by atoms with Crippen molar-refractivity contribution < 1.29 is 19.1 Å². The van der Waals surface area contributed by atoms with E-state index in [9.17, 15) is 14.4 Å². The highest BCUT2D eigenvalue weighted by molar-refractivity contribution is 7.12. The van der Waals surface area contributed by atoms with Crippen molar-refractivity contribution in [3.05, 3.63) is 58.3 Å². The van der Waals surface area contributed by atoms with Gasteiger partial charge in [-0.2, -0.15) is 0 Å². The van der Waals surface area contributed by atoms with Crippen molar-refractivity contribution in [2.45, 2.75) is 37.8 Å². The van der Waals surface area contributed by atoms with Crippen LogP contribution in [0.3, 0.4) is 0 Å². The third kappa shape index (κ3) is 5.00. The quantitative estimate of drug-likeness (QED) is 0.581. The molecule has 5 nitrogen and oxygen atoms in total. The van der Waals surface area contributed by atoms with Crippen LogP contribution in [0, 0.1) is 0 Å². The number of hydrogen-bond donors (Lipinski definition) is 1. The van der Waals surface area contributed by atoms with E-state index in [0.717, 1.165) is 12.8 Å². The van der Waals surface area contributed by atoms with E-state index >= 15 is 0 Å². The molecular formula is C19H19NO4S. The normalized spacial score (nSPS) is 14.6. The number of carbonyl (C=O) groups is 3. The van der Waals surface area contributed by atoms with Crippen molar-refractivity contribution >= 4 is 29.0 Å². The average Bonchev–Trinajstić information content (AvgIpc) is 3.26. The predicted molar refractivity (Wildman–Crippen MR) is 94.3 cm³/mol. The van der Waals surface area contributed by atoms with Gasteiger partial charge in [-0.1, -0.05) is 36.4 Å². The van der Waals surface area contributed by atoms with Gasteiger partial charge in [0.25, 0.3) is 5.91 Å². The lowest BCUT2D eigenvalue weighted by Crippen LogP contribution is -2.33. The molecule has 0 spiro atoms. The maximum Gasteiger partial charge on any atom is 0.307 e. The van der Waals surface area contributed by atoms with Crippen molar-refractivity contribution in [1.82, 2.24) is 5.32 Å². The number of Topliss-reactive ketones (excluding diaryl/α,β-unsaturated/α-hetero) is 1. The Kier molecular flexibility index (Phi) is 5.60. The second kappa shape index (κ2) is 8.07. The molecule has 1 saturated carbocycles. The van der Waals surface area contributed by atoms with Crippen LogP contribution in [-0.2, 0) is 14.3 Å². The van der Waals surface area contributed by atoms with Gasteiger partial charge in [0.05, 0.1) is 11.3 Å². The molecule has 0 saturated heterocycles. The van der Waals surface area contributed by atoms with Gasteiger partial charge >= 0.3 is 5.97 Å². The fraction of sp³-hybridized carbons (Fsp3) is 0.316. The number of nitrogens with one attached hydrogen (secondary N) is 1. The van der Waals surface area contributed by atoms with E-state index in [-0.39, 0.29) is 30.6 Å². The first kappa shape index (κ1) is 17.4. The van der Waals surface area contributed by atoms with E-state index in [1.54, 1.807) is 36.4 Å². The second-order valence-electron chi connectivity index (χ2n) is 5.96. The Bertz CT molecular complexity index is 738. The van der Waals surface area contributed by atoms with Crippen LogP contribution in [0.5, 0.6) is 0 Å². The molecule has 0 unspecified atom stereocenters. The topological polar surface area (TPSA) is 72.5 Å². The maximum absolute atomic E-state index is 12.4. The lowest BCUT2D eigenvalue weighted by atomic mass is 10.1. The highest BCUT2D eigenvalue weighted by Gasteiger charge is 2.30. The summed E-state index contributed by atoms with van der Waals surface area (Å²) in [5.74, 6) is -0.956. The van der Waals surface area contributed by atoms with Gasteiger partial charge in [0.15, 0.2) is 5.78 Å². The zero-order chi connectivity index (χ0) is 17.6. The van der Waals surface area contributed by atoms with Gasteiger partial charge in [-0.05, 0) is 24.3 Å². The lowest BCUT2D eigenvalue weighted by molar-refractivity contribution is -0.156. The summed E-state index contributed by atoms with van der Waals surface area (Å²) in [5, 5.41) is 4.68. The first-order valence-corrected chi connectivity index (χ1v) is 9.13. The Morgan fingerprint density at radius 3 is 2.48 bits per heavy atom. The van der Waals surface area contributed by atoms with Gasteiger partial charge in [0.2, 0.25) is 6.10 Å². The molecule has 130 valence electrons. The molecule has 1 aromatic carbocycles. The molecule has 1 aromatic heterocycles. The summed E-state index contributed by atoms with van der Waals surface area (Å²) in [4.78, 5) is 37.2. The molecule has 0 radical (unpaired) electrons. The summed E-state index contributed by atoms with van der Waals surface area (Å²) in [7, 11) is 0. The summed E-state index contributed by atoms with van der Waals surface area (Å²) in [6.45, 7) is 0. The van der Waals surface area contributed by atoms with Crippen molar-refractivity contribution in [1.29, 1.82) is 0 Å². The first-order valence-electron chi connectivity index (χ1n) is 8.25. The molecule has 1 heterocycles. The summed E-state index contributed by atoms with van der Waals surface area (Å²) in [6, 6.07) is 12.6. The number of ketones is 1. The summed E-state index contributed by atoms with van der Waals surface area (Å²) < 4.78 is 5.39. The number of amides is 1. The predicted octanol–water partition coefficient (Wildman–Crippen LogP) is 3.27.